The molecular weight excluding hydrogens is 254 g/mol. The molecule has 3 rings (SSSR count). The number of pyridine rings is 1. The van der Waals surface area contributed by atoms with Crippen LogP contribution >= 0.6 is 0 Å². The molecule has 0 fully saturated rings. The lowest BCUT2D eigenvalue weighted by Gasteiger charge is -2.02. The zero-order valence-electron chi connectivity index (χ0n) is 11.2. The molecule has 5 heteroatoms. The van der Waals surface area contributed by atoms with E-state index in [9.17, 15) is 9.90 Å². The van der Waals surface area contributed by atoms with Gasteiger partial charge in [0, 0.05) is 12.7 Å². The zero-order chi connectivity index (χ0) is 14.1. The molecule has 0 saturated carbocycles. The fourth-order valence-corrected chi connectivity index (χ4v) is 2.36. The summed E-state index contributed by atoms with van der Waals surface area (Å²) in [4.78, 5) is 16.9. The Labute approximate surface area is 115 Å². The average Bonchev–Trinajstić information content (AvgIpc) is 2.74. The van der Waals surface area contributed by atoms with E-state index in [1.807, 2.05) is 19.1 Å². The summed E-state index contributed by atoms with van der Waals surface area (Å²) >= 11 is 0. The van der Waals surface area contributed by atoms with Crippen molar-refractivity contribution in [2.45, 2.75) is 19.9 Å². The van der Waals surface area contributed by atoms with E-state index in [0.717, 1.165) is 11.9 Å². The van der Waals surface area contributed by atoms with Gasteiger partial charge in [-0.25, -0.2) is 14.3 Å². The number of imidazole rings is 1. The number of phenolic OH excluding ortho intramolecular Hbond substituents is 1. The Morgan fingerprint density at radius 3 is 2.65 bits per heavy atom. The van der Waals surface area contributed by atoms with Crippen molar-refractivity contribution in [2.75, 3.05) is 0 Å². The summed E-state index contributed by atoms with van der Waals surface area (Å²) in [5.74, 6) is 0.173. The van der Waals surface area contributed by atoms with Gasteiger partial charge in [0.25, 0.3) is 0 Å². The molecule has 0 atom stereocenters. The fourth-order valence-electron chi connectivity index (χ4n) is 2.36. The molecule has 0 unspecified atom stereocenters. The SMILES string of the molecule is CCCn1c(=O)n(-c2ccc(O)cc2)c2ncccc21. The van der Waals surface area contributed by atoms with Crippen molar-refractivity contribution < 1.29 is 5.11 Å². The lowest BCUT2D eigenvalue weighted by molar-refractivity contribution is 0.475. The molecule has 2 aromatic heterocycles. The molecule has 0 aliphatic rings. The van der Waals surface area contributed by atoms with E-state index >= 15 is 0 Å². The van der Waals surface area contributed by atoms with Crippen LogP contribution in [0.3, 0.4) is 0 Å². The van der Waals surface area contributed by atoms with Crippen molar-refractivity contribution in [3.63, 3.8) is 0 Å². The van der Waals surface area contributed by atoms with Gasteiger partial charge in [0.05, 0.1) is 11.2 Å². The molecule has 20 heavy (non-hydrogen) atoms. The van der Waals surface area contributed by atoms with Crippen molar-refractivity contribution in [1.29, 1.82) is 0 Å². The quantitative estimate of drug-likeness (QED) is 0.793. The first-order chi connectivity index (χ1) is 9.72. The standard InChI is InChI=1S/C15H15N3O2/c1-2-10-17-13-4-3-9-16-14(13)18(15(17)20)11-5-7-12(19)8-6-11/h3-9,19H,2,10H2,1H3. The molecular formula is C15H15N3O2. The highest BCUT2D eigenvalue weighted by molar-refractivity contribution is 5.73. The van der Waals surface area contributed by atoms with E-state index in [2.05, 4.69) is 4.98 Å². The van der Waals surface area contributed by atoms with Gasteiger partial charge in [0.2, 0.25) is 0 Å². The van der Waals surface area contributed by atoms with Gasteiger partial charge in [-0.15, -0.1) is 0 Å². The molecule has 0 bridgehead atoms. The van der Waals surface area contributed by atoms with Crippen LogP contribution in [-0.2, 0) is 6.54 Å². The number of aryl methyl sites for hydroxylation is 1. The van der Waals surface area contributed by atoms with Crippen LogP contribution in [-0.4, -0.2) is 19.2 Å². The van der Waals surface area contributed by atoms with Crippen molar-refractivity contribution in [1.82, 2.24) is 14.1 Å². The Balaban J connectivity index is 2.32. The van der Waals surface area contributed by atoms with Gasteiger partial charge in [-0.1, -0.05) is 6.92 Å². The largest absolute Gasteiger partial charge is 0.508 e. The van der Waals surface area contributed by atoms with E-state index in [-0.39, 0.29) is 11.4 Å². The third kappa shape index (κ3) is 1.87. The highest BCUT2D eigenvalue weighted by atomic mass is 16.3. The van der Waals surface area contributed by atoms with E-state index in [0.29, 0.717) is 17.9 Å². The summed E-state index contributed by atoms with van der Waals surface area (Å²) < 4.78 is 3.31. The summed E-state index contributed by atoms with van der Waals surface area (Å²) in [5.41, 5.74) is 2.06. The first kappa shape index (κ1) is 12.5. The van der Waals surface area contributed by atoms with E-state index < -0.39 is 0 Å². The van der Waals surface area contributed by atoms with Crippen LogP contribution in [0.15, 0.2) is 47.4 Å². The summed E-state index contributed by atoms with van der Waals surface area (Å²) in [6, 6.07) is 10.3. The van der Waals surface area contributed by atoms with Gasteiger partial charge in [-0.05, 0) is 42.8 Å². The molecule has 0 spiro atoms. The van der Waals surface area contributed by atoms with Crippen molar-refractivity contribution >= 4 is 11.2 Å². The molecule has 0 radical (unpaired) electrons. The summed E-state index contributed by atoms with van der Waals surface area (Å²) in [7, 11) is 0. The molecule has 2 heterocycles. The third-order valence-electron chi connectivity index (χ3n) is 3.25. The number of benzene rings is 1. The van der Waals surface area contributed by atoms with Crippen LogP contribution in [0, 0.1) is 0 Å². The number of phenols is 1. The first-order valence-electron chi connectivity index (χ1n) is 6.58. The molecule has 5 nitrogen and oxygen atoms in total. The summed E-state index contributed by atoms with van der Waals surface area (Å²) in [6.07, 6.45) is 2.55. The Hall–Kier alpha value is -2.56. The van der Waals surface area contributed by atoms with Crippen LogP contribution in [0.1, 0.15) is 13.3 Å². The van der Waals surface area contributed by atoms with Gasteiger partial charge in [-0.2, -0.15) is 0 Å². The molecule has 3 aromatic rings. The number of hydrogen-bond acceptors (Lipinski definition) is 3. The van der Waals surface area contributed by atoms with Gasteiger partial charge in [-0.3, -0.25) is 4.57 Å². The number of aromatic hydroxyl groups is 1. The molecule has 1 aromatic carbocycles. The Kier molecular flexibility index (Phi) is 3.02. The molecule has 1 N–H and O–H groups in total. The second-order valence-electron chi connectivity index (χ2n) is 4.63. The molecule has 0 aliphatic carbocycles. The molecule has 102 valence electrons. The third-order valence-corrected chi connectivity index (χ3v) is 3.25. The number of fused-ring (bicyclic) bond motifs is 1. The fraction of sp³-hybridized carbons (Fsp3) is 0.200. The predicted molar refractivity (Wildman–Crippen MR) is 77.3 cm³/mol. The van der Waals surface area contributed by atoms with Crippen LogP contribution in [0.2, 0.25) is 0 Å². The van der Waals surface area contributed by atoms with Crippen molar-refractivity contribution in [3.8, 4) is 11.4 Å². The van der Waals surface area contributed by atoms with Gasteiger partial charge >= 0.3 is 5.69 Å². The molecule has 0 amide bonds. The number of aromatic nitrogens is 3. The van der Waals surface area contributed by atoms with Crippen LogP contribution in [0.5, 0.6) is 5.75 Å². The maximum absolute atomic E-state index is 12.6. The predicted octanol–water partition coefficient (Wildman–Crippen LogP) is 2.30. The number of nitrogens with zero attached hydrogens (tertiary/aromatic N) is 3. The van der Waals surface area contributed by atoms with Crippen molar-refractivity contribution in [3.05, 3.63) is 53.1 Å². The van der Waals surface area contributed by atoms with E-state index in [4.69, 9.17) is 0 Å². The normalized spacial score (nSPS) is 11.1. The first-order valence-corrected chi connectivity index (χ1v) is 6.58. The van der Waals surface area contributed by atoms with Gasteiger partial charge < -0.3 is 5.11 Å². The van der Waals surface area contributed by atoms with Crippen LogP contribution < -0.4 is 5.69 Å². The van der Waals surface area contributed by atoms with Crippen LogP contribution in [0.4, 0.5) is 0 Å². The maximum atomic E-state index is 12.6. The summed E-state index contributed by atoms with van der Waals surface area (Å²) in [5, 5.41) is 9.37. The van der Waals surface area contributed by atoms with Gasteiger partial charge in [0.15, 0.2) is 5.65 Å². The molecule has 0 aliphatic heterocycles. The lowest BCUT2D eigenvalue weighted by atomic mass is 10.3. The minimum Gasteiger partial charge on any atom is -0.508 e. The Bertz CT molecular complexity index is 800. The smallest absolute Gasteiger partial charge is 0.334 e. The second kappa shape index (κ2) is 4.85. The second-order valence-corrected chi connectivity index (χ2v) is 4.63. The highest BCUT2D eigenvalue weighted by Crippen LogP contribution is 2.18. The van der Waals surface area contributed by atoms with E-state index in [1.165, 1.54) is 0 Å². The topological polar surface area (TPSA) is 60.0 Å². The Morgan fingerprint density at radius 1 is 1.20 bits per heavy atom. The van der Waals surface area contributed by atoms with Crippen molar-refractivity contribution in [2.24, 2.45) is 0 Å². The van der Waals surface area contributed by atoms with Gasteiger partial charge in [0.1, 0.15) is 5.75 Å². The molecule has 0 saturated heterocycles. The zero-order valence-corrected chi connectivity index (χ0v) is 11.2. The summed E-state index contributed by atoms with van der Waals surface area (Å²) in [6.45, 7) is 2.69. The minimum absolute atomic E-state index is 0.105. The van der Waals surface area contributed by atoms with E-state index in [1.54, 1.807) is 39.6 Å². The maximum Gasteiger partial charge on any atom is 0.334 e. The monoisotopic (exact) mass is 269 g/mol. The van der Waals surface area contributed by atoms with Crippen LogP contribution in [0.25, 0.3) is 16.9 Å². The number of hydrogen-bond donors (Lipinski definition) is 1. The average molecular weight is 269 g/mol. The Morgan fingerprint density at radius 2 is 1.95 bits per heavy atom. The minimum atomic E-state index is -0.105. The number of rotatable bonds is 3. The lowest BCUT2D eigenvalue weighted by Crippen LogP contribution is -2.23. The highest BCUT2D eigenvalue weighted by Gasteiger charge is 2.14.